The van der Waals surface area contributed by atoms with Crippen LogP contribution < -0.4 is 15.4 Å². The maximum absolute atomic E-state index is 12.0. The summed E-state index contributed by atoms with van der Waals surface area (Å²) < 4.78 is 5.31. The van der Waals surface area contributed by atoms with Crippen LogP contribution in [0.4, 0.5) is 9.93 Å². The number of fused-ring (bicyclic) bond motifs is 1. The van der Waals surface area contributed by atoms with E-state index in [0.717, 1.165) is 36.3 Å². The number of benzene rings is 1. The van der Waals surface area contributed by atoms with Crippen molar-refractivity contribution in [3.8, 4) is 5.75 Å². The fourth-order valence-electron chi connectivity index (χ4n) is 2.77. The van der Waals surface area contributed by atoms with Crippen molar-refractivity contribution in [2.45, 2.75) is 32.1 Å². The molecule has 5 nitrogen and oxygen atoms in total. The van der Waals surface area contributed by atoms with Crippen molar-refractivity contribution in [1.29, 1.82) is 0 Å². The molecule has 0 bridgehead atoms. The van der Waals surface area contributed by atoms with E-state index in [2.05, 4.69) is 15.6 Å². The molecule has 2 N–H and O–H groups in total. The Kier molecular flexibility index (Phi) is 5.12. The molecule has 1 aromatic heterocycles. The maximum Gasteiger partial charge on any atom is 0.321 e. The number of rotatable bonds is 5. The Bertz CT molecular complexity index is 661. The number of urea groups is 1. The van der Waals surface area contributed by atoms with E-state index in [1.165, 1.54) is 17.7 Å². The van der Waals surface area contributed by atoms with E-state index >= 15 is 0 Å². The molecular weight excluding hydrogens is 310 g/mol. The number of carbonyl (C=O) groups excluding carboxylic acids is 1. The SMILES string of the molecule is COc1ccccc1CCNC(=O)Nc1nc2c(s1)CCCC2. The van der Waals surface area contributed by atoms with E-state index in [1.807, 2.05) is 24.3 Å². The Balaban J connectivity index is 1.49. The third-order valence-corrected chi connectivity index (χ3v) is 5.01. The molecule has 2 amide bonds. The molecule has 23 heavy (non-hydrogen) atoms. The number of nitrogens with one attached hydrogen (secondary N) is 2. The second-order valence-corrected chi connectivity index (χ2v) is 6.62. The highest BCUT2D eigenvalue weighted by atomic mass is 32.1. The molecule has 1 aliphatic carbocycles. The van der Waals surface area contributed by atoms with Crippen molar-refractivity contribution >= 4 is 22.5 Å². The molecule has 0 spiro atoms. The number of nitrogens with zero attached hydrogens (tertiary/aromatic N) is 1. The summed E-state index contributed by atoms with van der Waals surface area (Å²) in [5.41, 5.74) is 2.24. The molecule has 0 saturated heterocycles. The van der Waals surface area contributed by atoms with Gasteiger partial charge in [-0.05, 0) is 43.7 Å². The zero-order chi connectivity index (χ0) is 16.1. The largest absolute Gasteiger partial charge is 0.496 e. The van der Waals surface area contributed by atoms with Crippen molar-refractivity contribution in [3.63, 3.8) is 0 Å². The first-order valence-electron chi connectivity index (χ1n) is 7.91. The van der Waals surface area contributed by atoms with Gasteiger partial charge in [-0.25, -0.2) is 9.78 Å². The number of methoxy groups -OCH3 is 1. The van der Waals surface area contributed by atoms with Crippen LogP contribution in [0.5, 0.6) is 5.75 Å². The molecule has 0 unspecified atom stereocenters. The number of para-hydroxylation sites is 1. The topological polar surface area (TPSA) is 63.2 Å². The number of aryl methyl sites for hydroxylation is 2. The van der Waals surface area contributed by atoms with Crippen LogP contribution in [0.1, 0.15) is 29.0 Å². The number of aromatic nitrogens is 1. The van der Waals surface area contributed by atoms with Crippen molar-refractivity contribution in [3.05, 3.63) is 40.4 Å². The van der Waals surface area contributed by atoms with Crippen LogP contribution in [-0.2, 0) is 19.3 Å². The lowest BCUT2D eigenvalue weighted by molar-refractivity contribution is 0.252. The summed E-state index contributed by atoms with van der Waals surface area (Å²) in [4.78, 5) is 17.8. The Morgan fingerprint density at radius 3 is 2.96 bits per heavy atom. The zero-order valence-electron chi connectivity index (χ0n) is 13.2. The molecule has 6 heteroatoms. The Morgan fingerprint density at radius 2 is 2.13 bits per heavy atom. The Morgan fingerprint density at radius 1 is 1.30 bits per heavy atom. The molecule has 2 aromatic rings. The van der Waals surface area contributed by atoms with Gasteiger partial charge in [0, 0.05) is 11.4 Å². The quantitative estimate of drug-likeness (QED) is 0.883. The minimum absolute atomic E-state index is 0.203. The molecule has 0 aliphatic heterocycles. The van der Waals surface area contributed by atoms with Crippen LogP contribution in [0.25, 0.3) is 0 Å². The van der Waals surface area contributed by atoms with Crippen LogP contribution in [0, 0.1) is 0 Å². The molecule has 3 rings (SSSR count). The van der Waals surface area contributed by atoms with Crippen molar-refractivity contribution in [2.75, 3.05) is 19.0 Å². The van der Waals surface area contributed by atoms with Crippen LogP contribution in [0.2, 0.25) is 0 Å². The first kappa shape index (κ1) is 15.8. The summed E-state index contributed by atoms with van der Waals surface area (Å²) in [6.07, 6.45) is 5.26. The van der Waals surface area contributed by atoms with Gasteiger partial charge >= 0.3 is 6.03 Å². The van der Waals surface area contributed by atoms with Gasteiger partial charge in [0.1, 0.15) is 5.75 Å². The minimum Gasteiger partial charge on any atom is -0.496 e. The molecule has 0 atom stereocenters. The number of anilines is 1. The maximum atomic E-state index is 12.0. The van der Waals surface area contributed by atoms with E-state index < -0.39 is 0 Å². The lowest BCUT2D eigenvalue weighted by Crippen LogP contribution is -2.30. The molecule has 1 aliphatic rings. The Hall–Kier alpha value is -2.08. The van der Waals surface area contributed by atoms with Gasteiger partial charge in [-0.15, -0.1) is 11.3 Å². The minimum atomic E-state index is -0.203. The lowest BCUT2D eigenvalue weighted by Gasteiger charge is -2.09. The number of amides is 2. The standard InChI is InChI=1S/C17H21N3O2S/c1-22-14-8-4-2-6-12(14)10-11-18-16(21)20-17-19-13-7-3-5-9-15(13)23-17/h2,4,6,8H,3,5,7,9-11H2,1H3,(H2,18,19,20,21). The van der Waals surface area contributed by atoms with Crippen molar-refractivity contribution < 1.29 is 9.53 Å². The summed E-state index contributed by atoms with van der Waals surface area (Å²) in [6, 6.07) is 7.64. The molecule has 1 heterocycles. The zero-order valence-corrected chi connectivity index (χ0v) is 14.0. The number of thiazole rings is 1. The molecule has 122 valence electrons. The highest BCUT2D eigenvalue weighted by Crippen LogP contribution is 2.29. The van der Waals surface area contributed by atoms with Crippen molar-refractivity contribution in [2.24, 2.45) is 0 Å². The first-order chi connectivity index (χ1) is 11.3. The number of hydrogen-bond acceptors (Lipinski definition) is 4. The average Bonchev–Trinajstić information content (AvgIpc) is 2.97. The van der Waals surface area contributed by atoms with Gasteiger partial charge in [-0.2, -0.15) is 0 Å². The third-order valence-electron chi connectivity index (χ3n) is 3.94. The Labute approximate surface area is 140 Å². The van der Waals surface area contributed by atoms with Gasteiger partial charge in [-0.3, -0.25) is 5.32 Å². The van der Waals surface area contributed by atoms with Crippen LogP contribution in [0.3, 0.4) is 0 Å². The van der Waals surface area contributed by atoms with Gasteiger partial charge in [0.25, 0.3) is 0 Å². The van der Waals surface area contributed by atoms with E-state index in [-0.39, 0.29) is 6.03 Å². The normalized spacial score (nSPS) is 13.3. The number of carbonyl (C=O) groups is 1. The average molecular weight is 331 g/mol. The van der Waals surface area contributed by atoms with Gasteiger partial charge in [-0.1, -0.05) is 18.2 Å². The van der Waals surface area contributed by atoms with E-state index in [4.69, 9.17) is 4.74 Å². The molecule has 0 saturated carbocycles. The van der Waals surface area contributed by atoms with Gasteiger partial charge in [0.05, 0.1) is 12.8 Å². The predicted octanol–water partition coefficient (Wildman–Crippen LogP) is 3.39. The lowest BCUT2D eigenvalue weighted by atomic mass is 10.0. The van der Waals surface area contributed by atoms with Crippen molar-refractivity contribution in [1.82, 2.24) is 10.3 Å². The molecular formula is C17H21N3O2S. The van der Waals surface area contributed by atoms with E-state index in [0.29, 0.717) is 11.7 Å². The highest BCUT2D eigenvalue weighted by molar-refractivity contribution is 7.15. The van der Waals surface area contributed by atoms with Gasteiger partial charge in [0.15, 0.2) is 5.13 Å². The summed E-state index contributed by atoms with van der Waals surface area (Å²) in [6.45, 7) is 0.553. The predicted molar refractivity (Wildman–Crippen MR) is 92.5 cm³/mol. The molecule has 1 aromatic carbocycles. The van der Waals surface area contributed by atoms with Crippen LogP contribution >= 0.6 is 11.3 Å². The van der Waals surface area contributed by atoms with Gasteiger partial charge in [0.2, 0.25) is 0 Å². The molecule has 0 radical (unpaired) electrons. The number of hydrogen-bond donors (Lipinski definition) is 2. The summed E-state index contributed by atoms with van der Waals surface area (Å²) in [5, 5.41) is 6.41. The first-order valence-corrected chi connectivity index (χ1v) is 8.73. The fourth-order valence-corrected chi connectivity index (χ4v) is 3.81. The third kappa shape index (κ3) is 4.01. The smallest absolute Gasteiger partial charge is 0.321 e. The van der Waals surface area contributed by atoms with Crippen LogP contribution in [0.15, 0.2) is 24.3 Å². The summed E-state index contributed by atoms with van der Waals surface area (Å²) in [7, 11) is 1.66. The van der Waals surface area contributed by atoms with E-state index in [9.17, 15) is 4.79 Å². The second kappa shape index (κ2) is 7.46. The second-order valence-electron chi connectivity index (χ2n) is 5.54. The highest BCUT2D eigenvalue weighted by Gasteiger charge is 2.16. The van der Waals surface area contributed by atoms with Gasteiger partial charge < -0.3 is 10.1 Å². The van der Waals surface area contributed by atoms with E-state index in [1.54, 1.807) is 18.4 Å². The number of ether oxygens (including phenoxy) is 1. The summed E-state index contributed by atoms with van der Waals surface area (Å²) >= 11 is 1.60. The molecule has 0 fully saturated rings. The summed E-state index contributed by atoms with van der Waals surface area (Å²) in [5.74, 6) is 0.849. The fraction of sp³-hybridized carbons (Fsp3) is 0.412. The van der Waals surface area contributed by atoms with Crippen LogP contribution in [-0.4, -0.2) is 24.7 Å². The monoisotopic (exact) mass is 331 g/mol.